The Morgan fingerprint density at radius 1 is 1.50 bits per heavy atom. The molecule has 2 N–H and O–H groups in total. The van der Waals surface area contributed by atoms with Crippen LogP contribution in [0, 0.1) is 5.41 Å². The minimum atomic E-state index is -0.388. The van der Waals surface area contributed by atoms with Crippen LogP contribution in [0.3, 0.4) is 0 Å². The Bertz CT molecular complexity index is 322. The number of amides is 1. The second kappa shape index (κ2) is 5.85. The molecular weight excluding hydrogens is 230 g/mol. The van der Waals surface area contributed by atoms with E-state index < -0.39 is 0 Å². The van der Waals surface area contributed by atoms with Gasteiger partial charge in [-0.25, -0.2) is 0 Å². The Morgan fingerprint density at radius 2 is 2.17 bits per heavy atom. The topological polar surface area (TPSA) is 58.6 Å². The highest BCUT2D eigenvalue weighted by molar-refractivity contribution is 5.89. The quantitative estimate of drug-likeness (QED) is 0.751. The highest BCUT2D eigenvalue weighted by Gasteiger charge is 2.35. The lowest BCUT2D eigenvalue weighted by Crippen LogP contribution is -2.49. The Morgan fingerprint density at radius 3 is 2.61 bits per heavy atom. The Kier molecular flexibility index (Phi) is 4.93. The maximum absolute atomic E-state index is 12.0. The third kappa shape index (κ3) is 4.10. The van der Waals surface area contributed by atoms with Gasteiger partial charge in [0.05, 0.1) is 12.1 Å². The number of nitrogens with one attached hydrogen (secondary N) is 1. The van der Waals surface area contributed by atoms with Crippen LogP contribution < -0.4 is 5.32 Å². The first-order valence-corrected chi connectivity index (χ1v) is 6.49. The molecule has 0 aromatic rings. The van der Waals surface area contributed by atoms with Crippen LogP contribution in [0.15, 0.2) is 11.6 Å². The number of aliphatic hydroxyl groups is 1. The summed E-state index contributed by atoms with van der Waals surface area (Å²) in [6, 6.07) is 0. The van der Waals surface area contributed by atoms with Crippen molar-refractivity contribution in [3.05, 3.63) is 11.6 Å². The number of ether oxygens (including phenoxy) is 1. The van der Waals surface area contributed by atoms with Crippen LogP contribution in [-0.2, 0) is 9.53 Å². The van der Waals surface area contributed by atoms with Crippen LogP contribution >= 0.6 is 0 Å². The van der Waals surface area contributed by atoms with Crippen LogP contribution in [-0.4, -0.2) is 36.4 Å². The largest absolute Gasteiger partial charge is 0.396 e. The van der Waals surface area contributed by atoms with Crippen molar-refractivity contribution in [2.24, 2.45) is 5.41 Å². The van der Waals surface area contributed by atoms with Crippen LogP contribution in [0.2, 0.25) is 0 Å². The van der Waals surface area contributed by atoms with E-state index in [1.165, 1.54) is 0 Å². The number of hydrogen-bond acceptors (Lipinski definition) is 3. The van der Waals surface area contributed by atoms with Crippen molar-refractivity contribution >= 4 is 5.91 Å². The van der Waals surface area contributed by atoms with E-state index >= 15 is 0 Å². The first-order valence-electron chi connectivity index (χ1n) is 6.49. The maximum atomic E-state index is 12.0. The predicted octanol–water partition coefficient (Wildman–Crippen LogP) is 1.64. The molecule has 1 fully saturated rings. The monoisotopic (exact) mass is 255 g/mol. The van der Waals surface area contributed by atoms with Crippen molar-refractivity contribution in [1.82, 2.24) is 5.32 Å². The molecule has 0 bridgehead atoms. The van der Waals surface area contributed by atoms with Gasteiger partial charge in [0.1, 0.15) is 0 Å². The average Bonchev–Trinajstić information content (AvgIpc) is 2.65. The van der Waals surface area contributed by atoms with Crippen molar-refractivity contribution in [2.45, 2.75) is 46.1 Å². The van der Waals surface area contributed by atoms with Crippen LogP contribution in [0.25, 0.3) is 0 Å². The second-order valence-electron chi connectivity index (χ2n) is 6.12. The molecule has 0 spiro atoms. The summed E-state index contributed by atoms with van der Waals surface area (Å²) in [5.41, 5.74) is 0.645. The fraction of sp³-hybridized carbons (Fsp3) is 0.786. The second-order valence-corrected chi connectivity index (χ2v) is 6.12. The van der Waals surface area contributed by atoms with Crippen molar-refractivity contribution in [3.63, 3.8) is 0 Å². The van der Waals surface area contributed by atoms with E-state index in [2.05, 4.69) is 26.1 Å². The molecule has 1 aliphatic rings. The van der Waals surface area contributed by atoms with E-state index in [1.54, 1.807) is 6.08 Å². The smallest absolute Gasteiger partial charge is 0.244 e. The van der Waals surface area contributed by atoms with Gasteiger partial charge in [-0.05, 0) is 25.2 Å². The number of carbonyl (C=O) groups excluding carboxylic acids is 1. The third-order valence-corrected chi connectivity index (χ3v) is 3.61. The molecule has 1 rings (SSSR count). The van der Waals surface area contributed by atoms with E-state index in [4.69, 9.17) is 9.84 Å². The summed E-state index contributed by atoms with van der Waals surface area (Å²) in [7, 11) is 0. The first kappa shape index (κ1) is 15.2. The van der Waals surface area contributed by atoms with E-state index in [0.717, 1.165) is 12.0 Å². The molecule has 0 aromatic carbocycles. The van der Waals surface area contributed by atoms with Crippen LogP contribution in [0.1, 0.15) is 40.5 Å². The van der Waals surface area contributed by atoms with Crippen LogP contribution in [0.5, 0.6) is 0 Å². The Labute approximate surface area is 109 Å². The lowest BCUT2D eigenvalue weighted by Gasteiger charge is -2.28. The molecule has 0 saturated carbocycles. The molecule has 0 radical (unpaired) electrons. The number of aliphatic hydroxyl groups excluding tert-OH is 1. The molecule has 1 heterocycles. The van der Waals surface area contributed by atoms with Gasteiger partial charge in [-0.2, -0.15) is 0 Å². The molecular formula is C14H25NO3. The zero-order valence-corrected chi connectivity index (χ0v) is 11.9. The minimum absolute atomic E-state index is 0.00629. The van der Waals surface area contributed by atoms with E-state index in [9.17, 15) is 4.79 Å². The summed E-state index contributed by atoms with van der Waals surface area (Å²) in [5, 5.41) is 12.1. The van der Waals surface area contributed by atoms with Gasteiger partial charge in [0.15, 0.2) is 0 Å². The number of rotatable bonds is 4. The molecule has 104 valence electrons. The molecule has 0 aliphatic carbocycles. The SMILES string of the molecule is CC(=CC(=O)NC1(CCO)CCOC1)C(C)(C)C. The lowest BCUT2D eigenvalue weighted by molar-refractivity contribution is -0.118. The summed E-state index contributed by atoms with van der Waals surface area (Å²) in [5.74, 6) is -0.0959. The first-order chi connectivity index (χ1) is 8.29. The predicted molar refractivity (Wildman–Crippen MR) is 71.2 cm³/mol. The number of carbonyl (C=O) groups is 1. The van der Waals surface area contributed by atoms with Gasteiger partial charge in [-0.3, -0.25) is 4.79 Å². The molecule has 1 amide bonds. The zero-order chi connectivity index (χ0) is 13.8. The maximum Gasteiger partial charge on any atom is 0.244 e. The average molecular weight is 255 g/mol. The highest BCUT2D eigenvalue weighted by Crippen LogP contribution is 2.25. The van der Waals surface area contributed by atoms with E-state index in [1.807, 2.05) is 6.92 Å². The minimum Gasteiger partial charge on any atom is -0.396 e. The summed E-state index contributed by atoms with van der Waals surface area (Å²) in [6.07, 6.45) is 2.96. The van der Waals surface area contributed by atoms with E-state index in [0.29, 0.717) is 19.6 Å². The van der Waals surface area contributed by atoms with Gasteiger partial charge in [0, 0.05) is 19.3 Å². The molecule has 4 nitrogen and oxygen atoms in total. The Balaban J connectivity index is 2.68. The molecule has 1 saturated heterocycles. The summed E-state index contributed by atoms with van der Waals surface area (Å²) in [4.78, 5) is 12.0. The molecule has 4 heteroatoms. The van der Waals surface area contributed by atoms with Gasteiger partial charge in [-0.15, -0.1) is 0 Å². The zero-order valence-electron chi connectivity index (χ0n) is 11.9. The molecule has 1 aliphatic heterocycles. The fourth-order valence-electron chi connectivity index (χ4n) is 1.89. The Hall–Kier alpha value is -0.870. The standard InChI is InChI=1S/C14H25NO3/c1-11(13(2,3)4)9-12(17)15-14(5-7-16)6-8-18-10-14/h9,16H,5-8,10H2,1-4H3,(H,15,17). The van der Waals surface area contributed by atoms with Gasteiger partial charge in [0.25, 0.3) is 0 Å². The van der Waals surface area contributed by atoms with Crippen molar-refractivity contribution in [1.29, 1.82) is 0 Å². The van der Waals surface area contributed by atoms with Crippen molar-refractivity contribution in [2.75, 3.05) is 19.8 Å². The van der Waals surface area contributed by atoms with Crippen molar-refractivity contribution in [3.8, 4) is 0 Å². The normalized spacial score (nSPS) is 25.3. The van der Waals surface area contributed by atoms with E-state index in [-0.39, 0.29) is 23.5 Å². The van der Waals surface area contributed by atoms with Gasteiger partial charge >= 0.3 is 0 Å². The third-order valence-electron chi connectivity index (χ3n) is 3.61. The summed E-state index contributed by atoms with van der Waals surface area (Å²) < 4.78 is 5.34. The lowest BCUT2D eigenvalue weighted by atomic mass is 9.87. The van der Waals surface area contributed by atoms with Gasteiger partial charge in [-0.1, -0.05) is 26.3 Å². The molecule has 0 aromatic heterocycles. The number of allylic oxidation sites excluding steroid dienone is 1. The molecule has 18 heavy (non-hydrogen) atoms. The number of hydrogen-bond donors (Lipinski definition) is 2. The van der Waals surface area contributed by atoms with Crippen LogP contribution in [0.4, 0.5) is 0 Å². The van der Waals surface area contributed by atoms with Crippen molar-refractivity contribution < 1.29 is 14.6 Å². The summed E-state index contributed by atoms with van der Waals surface area (Å²) in [6.45, 7) is 9.38. The van der Waals surface area contributed by atoms with Gasteiger partial charge in [0.2, 0.25) is 5.91 Å². The molecule has 1 unspecified atom stereocenters. The van der Waals surface area contributed by atoms with Gasteiger partial charge < -0.3 is 15.2 Å². The summed E-state index contributed by atoms with van der Waals surface area (Å²) >= 11 is 0. The molecule has 1 atom stereocenters. The fourth-order valence-corrected chi connectivity index (χ4v) is 1.89. The highest BCUT2D eigenvalue weighted by atomic mass is 16.5.